The highest BCUT2D eigenvalue weighted by atomic mass is 16.6. The van der Waals surface area contributed by atoms with Crippen molar-refractivity contribution in [3.05, 3.63) is 0 Å². The second-order valence-electron chi connectivity index (χ2n) is 4.87. The van der Waals surface area contributed by atoms with Crippen LogP contribution in [0.5, 0.6) is 0 Å². The van der Waals surface area contributed by atoms with E-state index >= 15 is 0 Å². The third-order valence-electron chi connectivity index (χ3n) is 2.23. The van der Waals surface area contributed by atoms with Crippen LogP contribution in [0.3, 0.4) is 0 Å². The number of ether oxygens (including phenoxy) is 1. The van der Waals surface area contributed by atoms with Gasteiger partial charge in [-0.1, -0.05) is 6.42 Å². The summed E-state index contributed by atoms with van der Waals surface area (Å²) >= 11 is 0. The van der Waals surface area contributed by atoms with Gasteiger partial charge >= 0.3 is 5.97 Å². The molecule has 0 aromatic rings. The summed E-state index contributed by atoms with van der Waals surface area (Å²) in [5.41, 5.74) is -0.596. The van der Waals surface area contributed by atoms with Crippen molar-refractivity contribution >= 4 is 11.8 Å². The highest BCUT2D eigenvalue weighted by Gasteiger charge is 2.30. The number of esters is 1. The van der Waals surface area contributed by atoms with Gasteiger partial charge in [0.1, 0.15) is 5.60 Å². The first-order valence-electron chi connectivity index (χ1n) is 5.41. The van der Waals surface area contributed by atoms with Gasteiger partial charge in [0.25, 0.3) is 5.78 Å². The van der Waals surface area contributed by atoms with Crippen LogP contribution in [0.15, 0.2) is 0 Å². The average Bonchev–Trinajstić information content (AvgIpc) is 2.15. The van der Waals surface area contributed by atoms with Gasteiger partial charge in [0, 0.05) is 0 Å². The predicted octanol–water partition coefficient (Wildman–Crippen LogP) is 1.04. The van der Waals surface area contributed by atoms with Crippen LogP contribution < -0.4 is 5.32 Å². The molecule has 0 saturated carbocycles. The van der Waals surface area contributed by atoms with Crippen LogP contribution in [0.25, 0.3) is 0 Å². The minimum absolute atomic E-state index is 0.339. The lowest BCUT2D eigenvalue weighted by molar-refractivity contribution is -0.163. The first kappa shape index (κ1) is 12.2. The van der Waals surface area contributed by atoms with Crippen molar-refractivity contribution in [2.45, 2.75) is 51.7 Å². The van der Waals surface area contributed by atoms with Crippen molar-refractivity contribution in [2.75, 3.05) is 6.54 Å². The maximum Gasteiger partial charge on any atom is 0.376 e. The summed E-state index contributed by atoms with van der Waals surface area (Å²) in [4.78, 5) is 23.1. The Morgan fingerprint density at radius 3 is 2.40 bits per heavy atom. The molecule has 0 aliphatic carbocycles. The number of nitrogens with one attached hydrogen (secondary N) is 1. The van der Waals surface area contributed by atoms with Crippen LogP contribution in [-0.4, -0.2) is 29.9 Å². The van der Waals surface area contributed by atoms with Crippen molar-refractivity contribution in [3.63, 3.8) is 0 Å². The van der Waals surface area contributed by atoms with E-state index in [1.54, 1.807) is 20.8 Å². The molecule has 1 fully saturated rings. The van der Waals surface area contributed by atoms with Crippen LogP contribution in [0, 0.1) is 0 Å². The Morgan fingerprint density at radius 2 is 1.93 bits per heavy atom. The van der Waals surface area contributed by atoms with E-state index in [1.807, 2.05) is 0 Å². The van der Waals surface area contributed by atoms with E-state index in [-0.39, 0.29) is 6.04 Å². The largest absolute Gasteiger partial charge is 0.454 e. The molecule has 15 heavy (non-hydrogen) atoms. The van der Waals surface area contributed by atoms with Crippen molar-refractivity contribution in [1.29, 1.82) is 0 Å². The van der Waals surface area contributed by atoms with E-state index in [1.165, 1.54) is 0 Å². The molecule has 0 aromatic carbocycles. The van der Waals surface area contributed by atoms with Gasteiger partial charge in [0.05, 0.1) is 6.04 Å². The highest BCUT2D eigenvalue weighted by molar-refractivity contribution is 6.35. The zero-order valence-electron chi connectivity index (χ0n) is 9.63. The zero-order chi connectivity index (χ0) is 11.5. The standard InChI is InChI=1S/C11H19NO3/c1-11(2,3)15-10(14)9(13)8-6-4-5-7-12-8/h8,12H,4-7H2,1-3H3. The highest BCUT2D eigenvalue weighted by Crippen LogP contribution is 2.12. The summed E-state index contributed by atoms with van der Waals surface area (Å²) in [5.74, 6) is -1.16. The lowest BCUT2D eigenvalue weighted by Crippen LogP contribution is -2.45. The van der Waals surface area contributed by atoms with Crippen molar-refractivity contribution in [1.82, 2.24) is 5.32 Å². The van der Waals surface area contributed by atoms with Crippen LogP contribution in [0.4, 0.5) is 0 Å². The van der Waals surface area contributed by atoms with Crippen molar-refractivity contribution in [2.24, 2.45) is 0 Å². The minimum Gasteiger partial charge on any atom is -0.454 e. The summed E-state index contributed by atoms with van der Waals surface area (Å²) < 4.78 is 5.02. The molecule has 0 spiro atoms. The molecule has 0 aromatic heterocycles. The molecular formula is C11H19NO3. The van der Waals surface area contributed by atoms with E-state index in [2.05, 4.69) is 5.32 Å². The molecule has 0 bridgehead atoms. The molecule has 1 aliphatic heterocycles. The maximum absolute atomic E-state index is 11.6. The molecule has 1 unspecified atom stereocenters. The summed E-state index contributed by atoms with van der Waals surface area (Å²) in [5, 5.41) is 3.04. The molecule has 4 heteroatoms. The zero-order valence-corrected chi connectivity index (χ0v) is 9.63. The fourth-order valence-electron chi connectivity index (χ4n) is 1.55. The first-order valence-corrected chi connectivity index (χ1v) is 5.41. The third kappa shape index (κ3) is 4.00. The molecule has 0 radical (unpaired) electrons. The molecule has 4 nitrogen and oxygen atoms in total. The van der Waals surface area contributed by atoms with Gasteiger partial charge < -0.3 is 10.1 Å². The first-order chi connectivity index (χ1) is 6.90. The summed E-state index contributed by atoms with van der Waals surface area (Å²) in [6, 6.07) is -0.339. The van der Waals surface area contributed by atoms with Gasteiger partial charge in [0.15, 0.2) is 0 Å². The van der Waals surface area contributed by atoms with E-state index < -0.39 is 17.4 Å². The average molecular weight is 213 g/mol. The SMILES string of the molecule is CC(C)(C)OC(=O)C(=O)C1CCCCN1. The van der Waals surface area contributed by atoms with E-state index in [4.69, 9.17) is 4.74 Å². The molecule has 86 valence electrons. The molecule has 1 N–H and O–H groups in total. The van der Waals surface area contributed by atoms with Crippen LogP contribution in [-0.2, 0) is 14.3 Å². The normalized spacial score (nSPS) is 22.2. The molecular weight excluding hydrogens is 194 g/mol. The summed E-state index contributed by atoms with van der Waals surface area (Å²) in [6.45, 7) is 6.07. The smallest absolute Gasteiger partial charge is 0.376 e. The molecule has 1 rings (SSSR count). The Balaban J connectivity index is 2.48. The second kappa shape index (κ2) is 4.75. The Hall–Kier alpha value is -0.900. The number of rotatable bonds is 2. The monoisotopic (exact) mass is 213 g/mol. The van der Waals surface area contributed by atoms with E-state index in [0.717, 1.165) is 25.8 Å². The van der Waals surface area contributed by atoms with Gasteiger partial charge in [-0.2, -0.15) is 0 Å². The van der Waals surface area contributed by atoms with Gasteiger partial charge in [-0.15, -0.1) is 0 Å². The topological polar surface area (TPSA) is 55.4 Å². The molecule has 1 atom stereocenters. The third-order valence-corrected chi connectivity index (χ3v) is 2.23. The van der Waals surface area contributed by atoms with Crippen LogP contribution in [0.2, 0.25) is 0 Å². The summed E-state index contributed by atoms with van der Waals surface area (Å²) in [6.07, 6.45) is 2.79. The van der Waals surface area contributed by atoms with Crippen LogP contribution in [0.1, 0.15) is 40.0 Å². The van der Waals surface area contributed by atoms with E-state index in [9.17, 15) is 9.59 Å². The Morgan fingerprint density at radius 1 is 1.27 bits per heavy atom. The fraction of sp³-hybridized carbons (Fsp3) is 0.818. The number of carbonyl (C=O) groups excluding carboxylic acids is 2. The fourth-order valence-corrected chi connectivity index (χ4v) is 1.55. The minimum atomic E-state index is -0.720. The van der Waals surface area contributed by atoms with Crippen molar-refractivity contribution in [3.8, 4) is 0 Å². The summed E-state index contributed by atoms with van der Waals surface area (Å²) in [7, 11) is 0. The lowest BCUT2D eigenvalue weighted by atomic mass is 10.0. The number of ketones is 1. The van der Waals surface area contributed by atoms with Gasteiger partial charge in [-0.3, -0.25) is 4.79 Å². The number of piperidine rings is 1. The Labute approximate surface area is 90.4 Å². The molecule has 1 heterocycles. The van der Waals surface area contributed by atoms with Crippen molar-refractivity contribution < 1.29 is 14.3 Å². The molecule has 1 saturated heterocycles. The van der Waals surface area contributed by atoms with E-state index in [0.29, 0.717) is 0 Å². The lowest BCUT2D eigenvalue weighted by Gasteiger charge is -2.24. The van der Waals surface area contributed by atoms with Gasteiger partial charge in [-0.05, 0) is 40.2 Å². The number of carbonyl (C=O) groups is 2. The Bertz CT molecular complexity index is 249. The molecule has 0 amide bonds. The number of hydrogen-bond acceptors (Lipinski definition) is 4. The quantitative estimate of drug-likeness (QED) is 0.550. The predicted molar refractivity (Wildman–Crippen MR) is 56.5 cm³/mol. The maximum atomic E-state index is 11.6. The van der Waals surface area contributed by atoms with Crippen LogP contribution >= 0.6 is 0 Å². The number of hydrogen-bond donors (Lipinski definition) is 1. The van der Waals surface area contributed by atoms with Gasteiger partial charge in [-0.25, -0.2) is 4.79 Å². The Kier molecular flexibility index (Phi) is 3.85. The molecule has 1 aliphatic rings. The number of Topliss-reactive ketones (excluding diaryl/α,β-unsaturated/α-hetero) is 1. The van der Waals surface area contributed by atoms with Gasteiger partial charge in [0.2, 0.25) is 0 Å². The second-order valence-corrected chi connectivity index (χ2v) is 4.87.